The number of nitrogens with one attached hydrogen (secondary N) is 9. The predicted molar refractivity (Wildman–Crippen MR) is 263 cm³/mol. The molecule has 22 nitrogen and oxygen atoms in total. The minimum Gasteiger partial charge on any atom is -0.370 e. The van der Waals surface area contributed by atoms with E-state index in [2.05, 4.69) is 57.2 Å². The summed E-state index contributed by atoms with van der Waals surface area (Å²) in [6.07, 6.45) is 8.87. The highest BCUT2D eigenvalue weighted by atomic mass is 16.2. The van der Waals surface area contributed by atoms with E-state index in [4.69, 9.17) is 17.2 Å². The van der Waals surface area contributed by atoms with E-state index in [0.29, 0.717) is 16.8 Å². The van der Waals surface area contributed by atoms with Gasteiger partial charge in [0.15, 0.2) is 5.96 Å². The number of nitrogens with two attached hydrogens (primary N) is 3. The summed E-state index contributed by atoms with van der Waals surface area (Å²) in [5, 5.41) is 20.0. The third kappa shape index (κ3) is 15.9. The topological polar surface area (TPSA) is 356 Å². The van der Waals surface area contributed by atoms with Crippen LogP contribution in [0.5, 0.6) is 0 Å². The molecule has 1 unspecified atom stereocenters. The number of para-hydroxylation sites is 1. The van der Waals surface area contributed by atoms with Gasteiger partial charge in [-0.1, -0.05) is 67.8 Å². The Morgan fingerprint density at radius 1 is 0.775 bits per heavy atom. The number of hydrogen-bond acceptors (Lipinski definition) is 10. The number of amides is 8. The van der Waals surface area contributed by atoms with E-state index in [1.165, 1.54) is 19.4 Å². The number of carbonyl (C=O) groups is 8. The lowest BCUT2D eigenvalue weighted by molar-refractivity contribution is -0.136. The summed E-state index contributed by atoms with van der Waals surface area (Å²) in [7, 11) is 0. The van der Waals surface area contributed by atoms with Crippen molar-refractivity contribution in [3.05, 3.63) is 90.1 Å². The van der Waals surface area contributed by atoms with Gasteiger partial charge in [0.2, 0.25) is 47.3 Å². The Bertz CT molecular complexity index is 2500. The summed E-state index contributed by atoms with van der Waals surface area (Å²) in [5.74, 6) is -6.07. The first kappa shape index (κ1) is 52.6. The van der Waals surface area contributed by atoms with Crippen molar-refractivity contribution in [1.29, 1.82) is 0 Å². The molecule has 7 atom stereocenters. The summed E-state index contributed by atoms with van der Waals surface area (Å²) >= 11 is 0. The summed E-state index contributed by atoms with van der Waals surface area (Å²) in [6.45, 7) is 1.53. The maximum atomic E-state index is 14.6. The quantitative estimate of drug-likeness (QED) is 0.0391. The molecule has 3 heterocycles. The zero-order valence-electron chi connectivity index (χ0n) is 39.8. The van der Waals surface area contributed by atoms with Crippen LogP contribution in [0.25, 0.3) is 10.9 Å². The second-order valence-electron chi connectivity index (χ2n) is 18.3. The van der Waals surface area contributed by atoms with Crippen molar-refractivity contribution < 1.29 is 38.4 Å². The Morgan fingerprint density at radius 2 is 1.45 bits per heavy atom. The molecule has 1 saturated heterocycles. The second kappa shape index (κ2) is 25.7. The minimum atomic E-state index is -1.58. The highest BCUT2D eigenvalue weighted by molar-refractivity contribution is 5.98. The maximum absolute atomic E-state index is 14.6. The van der Waals surface area contributed by atoms with E-state index >= 15 is 0 Å². The smallest absolute Gasteiger partial charge is 0.245 e. The van der Waals surface area contributed by atoms with Gasteiger partial charge in [0.05, 0.1) is 12.4 Å². The molecule has 4 aromatic rings. The normalized spacial score (nSPS) is 22.5. The molecule has 1 aliphatic carbocycles. The van der Waals surface area contributed by atoms with E-state index in [0.717, 1.165) is 43.0 Å². The van der Waals surface area contributed by atoms with Crippen molar-refractivity contribution in [2.45, 2.75) is 133 Å². The number of H-pyrrole nitrogens is 2. The first-order valence-electron chi connectivity index (χ1n) is 24.1. The SMILES string of the molecule is CC1NC(=O)CC[C@H](NC(=O)CC2CCCCC2)C(=O)N[C@@H](Cc2cnc[nH]2)C(=O)N[C@H](Cc2ccccc2)C(=O)N[C@@H](CCCN=C(N)N)C(=O)N[C@@H]1C(=O)N[C@@H](Cc1c[nH]c2ccccc12)C(N)=O. The molecular weight excluding hydrogens is 913 g/mol. The van der Waals surface area contributed by atoms with E-state index < -0.39 is 89.6 Å². The molecule has 1 saturated carbocycles. The van der Waals surface area contributed by atoms with Crippen LogP contribution in [-0.2, 0) is 57.6 Å². The van der Waals surface area contributed by atoms with Crippen molar-refractivity contribution in [2.24, 2.45) is 28.1 Å². The van der Waals surface area contributed by atoms with Crippen LogP contribution in [0.3, 0.4) is 0 Å². The molecule has 0 radical (unpaired) electrons. The van der Waals surface area contributed by atoms with Gasteiger partial charge in [0.25, 0.3) is 0 Å². The van der Waals surface area contributed by atoms with Gasteiger partial charge < -0.3 is 64.4 Å². The number of rotatable bonds is 16. The molecule has 0 bridgehead atoms. The number of primary amides is 1. The fraction of sp³-hybridized carbons (Fsp3) is 0.469. The maximum Gasteiger partial charge on any atom is 0.245 e. The highest BCUT2D eigenvalue weighted by Gasteiger charge is 2.37. The lowest BCUT2D eigenvalue weighted by Gasteiger charge is -2.30. The number of carbonyl (C=O) groups excluding carboxylic acids is 8. The van der Waals surface area contributed by atoms with Crippen molar-refractivity contribution in [1.82, 2.24) is 52.2 Å². The number of aromatic amines is 2. The summed E-state index contributed by atoms with van der Waals surface area (Å²) in [6, 6.07) is 6.81. The molecule has 2 fully saturated rings. The molecule has 2 aliphatic rings. The van der Waals surface area contributed by atoms with Crippen LogP contribution >= 0.6 is 0 Å². The number of imidazole rings is 1. The Kier molecular flexibility index (Phi) is 19.0. The molecule has 8 amide bonds. The average molecular weight is 979 g/mol. The van der Waals surface area contributed by atoms with Crippen LogP contribution in [0.4, 0.5) is 0 Å². The van der Waals surface area contributed by atoms with E-state index in [1.807, 2.05) is 24.3 Å². The Hall–Kier alpha value is -7.78. The highest BCUT2D eigenvalue weighted by Crippen LogP contribution is 2.26. The minimum absolute atomic E-state index is 0.0246. The van der Waals surface area contributed by atoms with Gasteiger partial charge in [-0.3, -0.25) is 43.3 Å². The number of hydrogen-bond donors (Lipinski definition) is 12. The second-order valence-corrected chi connectivity index (χ2v) is 18.3. The molecule has 1 aliphatic heterocycles. The van der Waals surface area contributed by atoms with E-state index in [1.54, 1.807) is 36.5 Å². The third-order valence-electron chi connectivity index (χ3n) is 12.8. The van der Waals surface area contributed by atoms with E-state index in [-0.39, 0.29) is 69.8 Å². The predicted octanol–water partition coefficient (Wildman–Crippen LogP) is -0.365. The van der Waals surface area contributed by atoms with Crippen LogP contribution in [0.15, 0.2) is 78.3 Å². The zero-order valence-corrected chi connectivity index (χ0v) is 39.8. The molecule has 2 aromatic heterocycles. The summed E-state index contributed by atoms with van der Waals surface area (Å²) in [5.41, 5.74) is 19.6. The van der Waals surface area contributed by atoms with Crippen molar-refractivity contribution in [3.8, 4) is 0 Å². The number of aliphatic imine (C=N–C) groups is 1. The van der Waals surface area contributed by atoms with Gasteiger partial charge in [-0.25, -0.2) is 4.98 Å². The fourth-order valence-electron chi connectivity index (χ4n) is 9.01. The van der Waals surface area contributed by atoms with Gasteiger partial charge in [-0.15, -0.1) is 0 Å². The number of guanidine groups is 1. The molecule has 71 heavy (non-hydrogen) atoms. The van der Waals surface area contributed by atoms with Gasteiger partial charge in [-0.05, 0) is 62.1 Å². The standard InChI is InChI=1S/C49H66N14O8/c1-28-42(48(71)60-37(43(50)66)23-31-25-55-34-16-9-8-15-33(31)34)63-45(68)35(17-10-20-54-49(51)52)59-46(69)38(21-29-11-4-2-5-12-29)61-47(70)39(24-32-26-53-27-56-32)62-44(67)36(18-19-40(64)57-28)58-41(65)22-30-13-6-3-7-14-30/h2,4-5,8-9,11-12,15-16,25-28,30,35-39,42,55H,3,6-7,10,13-14,17-24H2,1H3,(H2,50,66)(H,53,56)(H,57,64)(H,58,65)(H,59,69)(H,60,71)(H,61,70)(H,62,67)(H,63,68)(H4,51,52,54)/t28?,35-,36-,37-,38+,39-,42-/m0/s1. The molecule has 2 aromatic carbocycles. The summed E-state index contributed by atoms with van der Waals surface area (Å²) < 4.78 is 0. The van der Waals surface area contributed by atoms with Crippen LogP contribution in [-0.4, -0.2) is 117 Å². The Morgan fingerprint density at radius 3 is 2.15 bits per heavy atom. The Balaban J connectivity index is 1.34. The van der Waals surface area contributed by atoms with Crippen molar-refractivity contribution in [3.63, 3.8) is 0 Å². The first-order chi connectivity index (χ1) is 34.1. The fourth-order valence-corrected chi connectivity index (χ4v) is 9.01. The largest absolute Gasteiger partial charge is 0.370 e. The van der Waals surface area contributed by atoms with Crippen LogP contribution in [0.2, 0.25) is 0 Å². The average Bonchev–Trinajstić information content (AvgIpc) is 4.02. The van der Waals surface area contributed by atoms with Gasteiger partial charge in [0, 0.05) is 67.6 Å². The van der Waals surface area contributed by atoms with Gasteiger partial charge in [0.1, 0.15) is 36.3 Å². The lowest BCUT2D eigenvalue weighted by atomic mass is 9.87. The van der Waals surface area contributed by atoms with Crippen LogP contribution in [0, 0.1) is 5.92 Å². The molecule has 380 valence electrons. The lowest BCUT2D eigenvalue weighted by Crippen LogP contribution is -2.63. The number of nitrogens with zero attached hydrogens (tertiary/aromatic N) is 2. The first-order valence-corrected chi connectivity index (χ1v) is 24.1. The van der Waals surface area contributed by atoms with Crippen LogP contribution in [0.1, 0.15) is 88.0 Å². The third-order valence-corrected chi connectivity index (χ3v) is 12.8. The number of benzene rings is 2. The molecular formula is C49H66N14O8. The summed E-state index contributed by atoms with van der Waals surface area (Å²) in [4.78, 5) is 127. The van der Waals surface area contributed by atoms with Gasteiger partial charge >= 0.3 is 0 Å². The van der Waals surface area contributed by atoms with Crippen LogP contribution < -0.4 is 54.4 Å². The number of fused-ring (bicyclic) bond motifs is 1. The molecule has 15 N–H and O–H groups in total. The van der Waals surface area contributed by atoms with Crippen molar-refractivity contribution >= 4 is 64.1 Å². The van der Waals surface area contributed by atoms with E-state index in [9.17, 15) is 38.4 Å². The molecule has 6 rings (SSSR count). The van der Waals surface area contributed by atoms with Gasteiger partial charge in [-0.2, -0.15) is 0 Å². The molecule has 22 heteroatoms. The Labute approximate surface area is 411 Å². The zero-order chi connectivity index (χ0) is 50.9. The number of aromatic nitrogens is 3. The van der Waals surface area contributed by atoms with Crippen molar-refractivity contribution in [2.75, 3.05) is 6.54 Å². The molecule has 0 spiro atoms. The monoisotopic (exact) mass is 979 g/mol.